The fourth-order valence-electron chi connectivity index (χ4n) is 3.08. The van der Waals surface area contributed by atoms with Crippen LogP contribution in [0.2, 0.25) is 0 Å². The Morgan fingerprint density at radius 3 is 2.87 bits per heavy atom. The minimum atomic E-state index is -0.381. The van der Waals surface area contributed by atoms with E-state index in [2.05, 4.69) is 5.32 Å². The zero-order chi connectivity index (χ0) is 16.6. The molecule has 1 aromatic carbocycles. The predicted molar refractivity (Wildman–Crippen MR) is 87.8 cm³/mol. The molecule has 0 spiro atoms. The van der Waals surface area contributed by atoms with Gasteiger partial charge in [-0.3, -0.25) is 0 Å². The van der Waals surface area contributed by atoms with Crippen LogP contribution in [0.3, 0.4) is 0 Å². The summed E-state index contributed by atoms with van der Waals surface area (Å²) >= 11 is 0. The maximum absolute atomic E-state index is 12.4. The Morgan fingerprint density at radius 2 is 2.13 bits per heavy atom. The topological polar surface area (TPSA) is 82.8 Å². The molecule has 1 aromatic heterocycles. The van der Waals surface area contributed by atoms with E-state index < -0.39 is 0 Å². The molecule has 122 valence electrons. The fourth-order valence-corrected chi connectivity index (χ4v) is 3.08. The van der Waals surface area contributed by atoms with Crippen LogP contribution >= 0.6 is 0 Å². The zero-order valence-electron chi connectivity index (χ0n) is 13.3. The first-order valence-corrected chi connectivity index (χ1v) is 7.73. The number of likely N-dealkylation sites (tertiary alicyclic amines) is 1. The highest BCUT2D eigenvalue weighted by Crippen LogP contribution is 2.26. The highest BCUT2D eigenvalue weighted by molar-refractivity contribution is 5.94. The second-order valence-electron chi connectivity index (χ2n) is 6.01. The van der Waals surface area contributed by atoms with Crippen LogP contribution < -0.4 is 10.9 Å². The average Bonchev–Trinajstić information content (AvgIpc) is 2.97. The van der Waals surface area contributed by atoms with Crippen molar-refractivity contribution >= 4 is 22.7 Å². The number of aryl methyl sites for hydroxylation is 2. The van der Waals surface area contributed by atoms with Crippen LogP contribution in [0.25, 0.3) is 11.0 Å². The number of amides is 2. The number of nitrogens with one attached hydrogen (secondary N) is 1. The zero-order valence-corrected chi connectivity index (χ0v) is 13.3. The number of urea groups is 1. The van der Waals surface area contributed by atoms with Gasteiger partial charge in [-0.15, -0.1) is 0 Å². The van der Waals surface area contributed by atoms with E-state index in [0.717, 1.165) is 29.4 Å². The third-order valence-electron chi connectivity index (χ3n) is 4.39. The van der Waals surface area contributed by atoms with Gasteiger partial charge in [-0.05, 0) is 49.9 Å². The Hall–Kier alpha value is -2.34. The third-order valence-corrected chi connectivity index (χ3v) is 4.39. The lowest BCUT2D eigenvalue weighted by molar-refractivity contribution is 0.166. The van der Waals surface area contributed by atoms with E-state index in [-0.39, 0.29) is 24.3 Å². The summed E-state index contributed by atoms with van der Waals surface area (Å²) in [6.45, 7) is 4.32. The van der Waals surface area contributed by atoms with Crippen LogP contribution in [-0.4, -0.2) is 35.2 Å². The van der Waals surface area contributed by atoms with Crippen molar-refractivity contribution in [3.05, 3.63) is 39.7 Å². The van der Waals surface area contributed by atoms with Crippen LogP contribution in [0.1, 0.15) is 24.0 Å². The molecule has 23 heavy (non-hydrogen) atoms. The van der Waals surface area contributed by atoms with Crippen molar-refractivity contribution in [1.82, 2.24) is 4.90 Å². The van der Waals surface area contributed by atoms with Gasteiger partial charge in [0.05, 0.1) is 12.6 Å². The largest absolute Gasteiger partial charge is 0.423 e. The third kappa shape index (κ3) is 2.94. The molecule has 0 aliphatic carbocycles. The van der Waals surface area contributed by atoms with Crippen molar-refractivity contribution in [3.63, 3.8) is 0 Å². The summed E-state index contributed by atoms with van der Waals surface area (Å²) in [4.78, 5) is 25.6. The lowest BCUT2D eigenvalue weighted by Crippen LogP contribution is -2.40. The van der Waals surface area contributed by atoms with E-state index in [1.165, 1.54) is 6.07 Å². The van der Waals surface area contributed by atoms with Crippen LogP contribution in [-0.2, 0) is 0 Å². The summed E-state index contributed by atoms with van der Waals surface area (Å²) in [5.41, 5.74) is 2.44. The second kappa shape index (κ2) is 6.04. The van der Waals surface area contributed by atoms with Crippen molar-refractivity contribution in [1.29, 1.82) is 0 Å². The number of hydrogen-bond donors (Lipinski definition) is 2. The van der Waals surface area contributed by atoms with E-state index in [1.54, 1.807) is 11.0 Å². The highest BCUT2D eigenvalue weighted by atomic mass is 16.4. The van der Waals surface area contributed by atoms with Gasteiger partial charge in [0.1, 0.15) is 5.58 Å². The smallest absolute Gasteiger partial charge is 0.336 e. The molecule has 1 atom stereocenters. The molecule has 2 N–H and O–H groups in total. The molecule has 2 amide bonds. The Bertz CT molecular complexity index is 812. The Balaban J connectivity index is 1.92. The molecule has 1 saturated heterocycles. The van der Waals surface area contributed by atoms with Crippen molar-refractivity contribution in [2.75, 3.05) is 18.5 Å². The SMILES string of the molecule is Cc1cc2oc(=O)cc(C)c2cc1NC(=O)N1CCC[C@H]1CO. The van der Waals surface area contributed by atoms with Gasteiger partial charge in [0.15, 0.2) is 0 Å². The number of carbonyl (C=O) groups is 1. The lowest BCUT2D eigenvalue weighted by Gasteiger charge is -2.24. The first kappa shape index (κ1) is 15.6. The summed E-state index contributed by atoms with van der Waals surface area (Å²) in [6.07, 6.45) is 1.73. The summed E-state index contributed by atoms with van der Waals surface area (Å²) in [7, 11) is 0. The number of fused-ring (bicyclic) bond motifs is 1. The van der Waals surface area contributed by atoms with Gasteiger partial charge in [-0.25, -0.2) is 9.59 Å². The number of anilines is 1. The summed E-state index contributed by atoms with van der Waals surface area (Å²) in [6, 6.07) is 4.69. The molecule has 1 aliphatic rings. The van der Waals surface area contributed by atoms with Crippen molar-refractivity contribution < 1.29 is 14.3 Å². The van der Waals surface area contributed by atoms with E-state index in [0.29, 0.717) is 17.8 Å². The molecule has 2 aromatic rings. The standard InChI is InChI=1S/C17H20N2O4/c1-10-7-16(21)23-15-6-11(2)14(8-13(10)15)18-17(22)19-5-3-4-12(19)9-20/h6-8,12,20H,3-5,9H2,1-2H3,(H,18,22)/t12-/m0/s1. The van der Waals surface area contributed by atoms with Gasteiger partial charge >= 0.3 is 11.7 Å². The van der Waals surface area contributed by atoms with E-state index in [4.69, 9.17) is 4.42 Å². The van der Waals surface area contributed by atoms with Crippen LogP contribution in [0.15, 0.2) is 27.4 Å². The quantitative estimate of drug-likeness (QED) is 0.833. The molecular formula is C17H20N2O4. The van der Waals surface area contributed by atoms with Gasteiger partial charge in [0, 0.05) is 23.7 Å². The van der Waals surface area contributed by atoms with E-state index >= 15 is 0 Å². The van der Waals surface area contributed by atoms with Crippen molar-refractivity contribution in [2.24, 2.45) is 0 Å². The normalized spacial score (nSPS) is 17.7. The molecule has 3 rings (SSSR count). The first-order valence-electron chi connectivity index (χ1n) is 7.73. The molecule has 6 nitrogen and oxygen atoms in total. The second-order valence-corrected chi connectivity index (χ2v) is 6.01. The number of nitrogens with zero attached hydrogens (tertiary/aromatic N) is 1. The molecule has 0 radical (unpaired) electrons. The monoisotopic (exact) mass is 316 g/mol. The fraction of sp³-hybridized carbons (Fsp3) is 0.412. The maximum Gasteiger partial charge on any atom is 0.336 e. The lowest BCUT2D eigenvalue weighted by atomic mass is 10.1. The molecule has 0 unspecified atom stereocenters. The molecule has 1 aliphatic heterocycles. The molecule has 6 heteroatoms. The summed E-state index contributed by atoms with van der Waals surface area (Å²) < 4.78 is 5.21. The van der Waals surface area contributed by atoms with Gasteiger partial charge in [0.25, 0.3) is 0 Å². The minimum absolute atomic E-state index is 0.0195. The molecule has 0 saturated carbocycles. The Kier molecular flexibility index (Phi) is 4.09. The number of hydrogen-bond acceptors (Lipinski definition) is 4. The highest BCUT2D eigenvalue weighted by Gasteiger charge is 2.28. The molecule has 1 fully saturated rings. The summed E-state index contributed by atoms with van der Waals surface area (Å²) in [5.74, 6) is 0. The van der Waals surface area contributed by atoms with Crippen LogP contribution in [0, 0.1) is 13.8 Å². The number of carbonyl (C=O) groups excluding carboxylic acids is 1. The molecule has 0 bridgehead atoms. The van der Waals surface area contributed by atoms with Crippen molar-refractivity contribution in [3.8, 4) is 0 Å². The van der Waals surface area contributed by atoms with Crippen LogP contribution in [0.4, 0.5) is 10.5 Å². The Morgan fingerprint density at radius 1 is 1.35 bits per heavy atom. The van der Waals surface area contributed by atoms with E-state index in [9.17, 15) is 14.7 Å². The average molecular weight is 316 g/mol. The van der Waals surface area contributed by atoms with Gasteiger partial charge in [0.2, 0.25) is 0 Å². The van der Waals surface area contributed by atoms with Gasteiger partial charge in [-0.2, -0.15) is 0 Å². The maximum atomic E-state index is 12.4. The van der Waals surface area contributed by atoms with Gasteiger partial charge in [-0.1, -0.05) is 0 Å². The number of benzene rings is 1. The van der Waals surface area contributed by atoms with Crippen molar-refractivity contribution in [2.45, 2.75) is 32.7 Å². The van der Waals surface area contributed by atoms with E-state index in [1.807, 2.05) is 19.9 Å². The number of aliphatic hydroxyl groups is 1. The summed E-state index contributed by atoms with van der Waals surface area (Å²) in [5, 5.41) is 13.0. The van der Waals surface area contributed by atoms with Crippen LogP contribution in [0.5, 0.6) is 0 Å². The number of rotatable bonds is 2. The molecular weight excluding hydrogens is 296 g/mol. The minimum Gasteiger partial charge on any atom is -0.423 e. The predicted octanol–water partition coefficient (Wildman–Crippen LogP) is 2.40. The first-order chi connectivity index (χ1) is 11.0. The van der Waals surface area contributed by atoms with Gasteiger partial charge < -0.3 is 19.7 Å². The Labute approximate surface area is 133 Å². The molecule has 2 heterocycles. The number of aliphatic hydroxyl groups excluding tert-OH is 1.